The Balaban J connectivity index is 0.00000156. The molecule has 1 aliphatic heterocycles. The zero-order valence-electron chi connectivity index (χ0n) is 13.0. The summed E-state index contributed by atoms with van der Waals surface area (Å²) in [6.07, 6.45) is 3.47. The van der Waals surface area contributed by atoms with Crippen LogP contribution in [-0.2, 0) is 19.4 Å². The molecule has 4 heteroatoms. The Kier molecular flexibility index (Phi) is 4.69. The van der Waals surface area contributed by atoms with Crippen LogP contribution >= 0.6 is 12.4 Å². The number of fused-ring (bicyclic) bond motifs is 2. The molecule has 23 heavy (non-hydrogen) atoms. The third-order valence-electron chi connectivity index (χ3n) is 4.70. The fourth-order valence-corrected chi connectivity index (χ4v) is 3.53. The van der Waals surface area contributed by atoms with Crippen molar-refractivity contribution in [3.05, 3.63) is 64.7 Å². The largest absolute Gasteiger partial charge is 0.311 e. The number of carbonyl (C=O) groups excluding carboxylic acids is 1. The first-order chi connectivity index (χ1) is 10.8. The van der Waals surface area contributed by atoms with Gasteiger partial charge in [0.2, 0.25) is 0 Å². The van der Waals surface area contributed by atoms with Crippen molar-refractivity contribution in [1.82, 2.24) is 5.32 Å². The third-order valence-corrected chi connectivity index (χ3v) is 4.70. The van der Waals surface area contributed by atoms with E-state index in [1.54, 1.807) is 0 Å². The maximum Gasteiger partial charge on any atom is 0.258 e. The summed E-state index contributed by atoms with van der Waals surface area (Å²) < 4.78 is 0. The van der Waals surface area contributed by atoms with Gasteiger partial charge in [-0.05, 0) is 54.2 Å². The highest BCUT2D eigenvalue weighted by Crippen LogP contribution is 2.27. The highest BCUT2D eigenvalue weighted by molar-refractivity contribution is 6.06. The van der Waals surface area contributed by atoms with Gasteiger partial charge in [-0.2, -0.15) is 0 Å². The van der Waals surface area contributed by atoms with Crippen molar-refractivity contribution in [2.24, 2.45) is 0 Å². The zero-order chi connectivity index (χ0) is 14.9. The number of anilines is 1. The van der Waals surface area contributed by atoms with Gasteiger partial charge in [-0.1, -0.05) is 24.3 Å². The third kappa shape index (κ3) is 2.99. The first kappa shape index (κ1) is 16.0. The highest BCUT2D eigenvalue weighted by atomic mass is 35.5. The van der Waals surface area contributed by atoms with Crippen molar-refractivity contribution in [2.75, 3.05) is 18.0 Å². The van der Waals surface area contributed by atoms with Crippen LogP contribution in [0.2, 0.25) is 0 Å². The number of carbonyl (C=O) groups is 1. The summed E-state index contributed by atoms with van der Waals surface area (Å²) in [6.45, 7) is 2.36. The average molecular weight is 329 g/mol. The van der Waals surface area contributed by atoms with E-state index in [2.05, 4.69) is 23.5 Å². The lowest BCUT2D eigenvalue weighted by Crippen LogP contribution is -2.34. The van der Waals surface area contributed by atoms with Crippen molar-refractivity contribution in [3.63, 3.8) is 0 Å². The van der Waals surface area contributed by atoms with E-state index in [0.717, 1.165) is 37.2 Å². The van der Waals surface area contributed by atoms with E-state index >= 15 is 0 Å². The lowest BCUT2D eigenvalue weighted by Gasteiger charge is -2.23. The molecule has 0 aromatic heterocycles. The van der Waals surface area contributed by atoms with Crippen molar-refractivity contribution >= 4 is 24.0 Å². The molecular formula is C19H21ClN2O. The van der Waals surface area contributed by atoms with Gasteiger partial charge in [0.25, 0.3) is 5.91 Å². The number of aryl methyl sites for hydroxylation is 2. The molecule has 4 rings (SSSR count). The molecule has 0 fully saturated rings. The van der Waals surface area contributed by atoms with Gasteiger partial charge in [-0.25, -0.2) is 0 Å². The summed E-state index contributed by atoms with van der Waals surface area (Å²) in [6, 6.07) is 14.4. The van der Waals surface area contributed by atoms with Gasteiger partial charge in [-0.15, -0.1) is 12.4 Å². The number of nitrogens with one attached hydrogen (secondary N) is 1. The van der Waals surface area contributed by atoms with E-state index in [1.165, 1.54) is 23.1 Å². The first-order valence-electron chi connectivity index (χ1n) is 8.05. The summed E-state index contributed by atoms with van der Waals surface area (Å²) in [7, 11) is 0. The van der Waals surface area contributed by atoms with Crippen LogP contribution in [0, 0.1) is 0 Å². The molecule has 1 heterocycles. The zero-order valence-corrected chi connectivity index (χ0v) is 13.9. The second-order valence-electron chi connectivity index (χ2n) is 6.10. The van der Waals surface area contributed by atoms with Gasteiger partial charge in [0.1, 0.15) is 0 Å². The van der Waals surface area contributed by atoms with Gasteiger partial charge < -0.3 is 10.2 Å². The number of nitrogens with zero attached hydrogens (tertiary/aromatic N) is 1. The second kappa shape index (κ2) is 6.73. The van der Waals surface area contributed by atoms with E-state index in [4.69, 9.17) is 0 Å². The van der Waals surface area contributed by atoms with E-state index in [-0.39, 0.29) is 18.3 Å². The normalized spacial score (nSPS) is 16.1. The Labute approximate surface area is 143 Å². The smallest absolute Gasteiger partial charge is 0.258 e. The molecule has 3 nitrogen and oxygen atoms in total. The van der Waals surface area contributed by atoms with Crippen LogP contribution in [0.3, 0.4) is 0 Å². The lowest BCUT2D eigenvalue weighted by atomic mass is 10.0. The lowest BCUT2D eigenvalue weighted by molar-refractivity contribution is 0.0987. The summed E-state index contributed by atoms with van der Waals surface area (Å²) in [5.74, 6) is 0.117. The molecule has 2 aromatic carbocycles. The maximum absolute atomic E-state index is 13.0. The minimum atomic E-state index is 0. The quantitative estimate of drug-likeness (QED) is 0.870. The van der Waals surface area contributed by atoms with Crippen molar-refractivity contribution < 1.29 is 4.79 Å². The van der Waals surface area contributed by atoms with E-state index in [1.807, 2.05) is 29.2 Å². The van der Waals surface area contributed by atoms with Gasteiger partial charge in [0.05, 0.1) is 0 Å². The molecule has 0 unspecified atom stereocenters. The van der Waals surface area contributed by atoms with Crippen molar-refractivity contribution in [3.8, 4) is 0 Å². The Morgan fingerprint density at radius 1 is 1.00 bits per heavy atom. The van der Waals surface area contributed by atoms with Gasteiger partial charge in [0.15, 0.2) is 0 Å². The number of para-hydroxylation sites is 1. The average Bonchev–Trinajstić information content (AvgIpc) is 2.92. The van der Waals surface area contributed by atoms with Crippen LogP contribution < -0.4 is 10.2 Å². The molecule has 0 spiro atoms. The van der Waals surface area contributed by atoms with E-state index in [9.17, 15) is 4.79 Å². The first-order valence-corrected chi connectivity index (χ1v) is 8.05. The van der Waals surface area contributed by atoms with Gasteiger partial charge >= 0.3 is 0 Å². The van der Waals surface area contributed by atoms with Crippen LogP contribution in [0.5, 0.6) is 0 Å². The summed E-state index contributed by atoms with van der Waals surface area (Å²) in [5, 5.41) is 3.39. The van der Waals surface area contributed by atoms with E-state index < -0.39 is 0 Å². The second-order valence-corrected chi connectivity index (χ2v) is 6.10. The van der Waals surface area contributed by atoms with Crippen LogP contribution in [-0.4, -0.2) is 19.0 Å². The number of hydrogen-bond donors (Lipinski definition) is 1. The molecule has 120 valence electrons. The monoisotopic (exact) mass is 328 g/mol. The van der Waals surface area contributed by atoms with Gasteiger partial charge in [-0.3, -0.25) is 4.79 Å². The van der Waals surface area contributed by atoms with Crippen LogP contribution in [0.25, 0.3) is 0 Å². The fraction of sp³-hybridized carbons (Fsp3) is 0.316. The topological polar surface area (TPSA) is 32.3 Å². The molecule has 0 bridgehead atoms. The Bertz CT molecular complexity index is 729. The van der Waals surface area contributed by atoms with Gasteiger partial charge in [0, 0.05) is 30.9 Å². The SMILES string of the molecule is Cl.O=C(c1ccc2c(c1)CCC2)N1CCNCc2ccccc21. The Morgan fingerprint density at radius 2 is 1.83 bits per heavy atom. The minimum Gasteiger partial charge on any atom is -0.311 e. The summed E-state index contributed by atoms with van der Waals surface area (Å²) in [5.41, 5.74) is 5.81. The maximum atomic E-state index is 13.0. The predicted molar refractivity (Wildman–Crippen MR) is 95.5 cm³/mol. The highest BCUT2D eigenvalue weighted by Gasteiger charge is 2.23. The van der Waals surface area contributed by atoms with Crippen molar-refractivity contribution in [1.29, 1.82) is 0 Å². The van der Waals surface area contributed by atoms with Crippen LogP contribution in [0.15, 0.2) is 42.5 Å². The Hall–Kier alpha value is -1.84. The predicted octanol–water partition coefficient (Wildman–Crippen LogP) is 3.35. The molecule has 1 aliphatic carbocycles. The Morgan fingerprint density at radius 3 is 2.74 bits per heavy atom. The molecular weight excluding hydrogens is 308 g/mol. The summed E-state index contributed by atoms with van der Waals surface area (Å²) >= 11 is 0. The molecule has 0 saturated carbocycles. The fourth-order valence-electron chi connectivity index (χ4n) is 3.53. The minimum absolute atomic E-state index is 0. The molecule has 0 radical (unpaired) electrons. The standard InChI is InChI=1S/C19H20N2O.ClH/c22-19(16-9-8-14-5-3-6-15(14)12-16)21-11-10-20-13-17-4-1-2-7-18(17)21;/h1-2,4,7-9,12,20H,3,5-6,10-11,13H2;1H. The van der Waals surface area contributed by atoms with Crippen molar-refractivity contribution in [2.45, 2.75) is 25.8 Å². The molecule has 2 aliphatic rings. The van der Waals surface area contributed by atoms with Crippen LogP contribution in [0.4, 0.5) is 5.69 Å². The number of amides is 1. The number of rotatable bonds is 1. The molecule has 0 atom stereocenters. The molecule has 2 aromatic rings. The number of halogens is 1. The number of benzene rings is 2. The molecule has 0 saturated heterocycles. The van der Waals surface area contributed by atoms with Crippen LogP contribution in [0.1, 0.15) is 33.5 Å². The van der Waals surface area contributed by atoms with E-state index in [0.29, 0.717) is 6.54 Å². The molecule has 1 N–H and O–H groups in total. The summed E-state index contributed by atoms with van der Waals surface area (Å²) in [4.78, 5) is 14.9. The number of hydrogen-bond acceptors (Lipinski definition) is 2. The molecule has 1 amide bonds.